The number of anilines is 2. The summed E-state index contributed by atoms with van der Waals surface area (Å²) in [4.78, 5) is 20.3. The van der Waals surface area contributed by atoms with Gasteiger partial charge >= 0.3 is 0 Å². The molecule has 1 saturated carbocycles. The Balaban J connectivity index is 1.44. The molecule has 4 rings (SSSR count). The minimum Gasteiger partial charge on any atom is -0.353 e. The van der Waals surface area contributed by atoms with Crippen LogP contribution in [0.2, 0.25) is 0 Å². The second kappa shape index (κ2) is 5.68. The van der Waals surface area contributed by atoms with Gasteiger partial charge in [0, 0.05) is 49.7 Å². The molecule has 2 aromatic heterocycles. The van der Waals surface area contributed by atoms with Crippen LogP contribution < -0.4 is 15.4 Å². The minimum absolute atomic E-state index is 0.165. The van der Waals surface area contributed by atoms with Gasteiger partial charge in [0.05, 0.1) is 0 Å². The van der Waals surface area contributed by atoms with Gasteiger partial charge in [0.1, 0.15) is 11.6 Å². The van der Waals surface area contributed by atoms with Crippen molar-refractivity contribution in [2.24, 2.45) is 0 Å². The Morgan fingerprint density at radius 2 is 1.95 bits per heavy atom. The molecule has 0 unspecified atom stereocenters. The summed E-state index contributed by atoms with van der Waals surface area (Å²) in [6.07, 6.45) is 3.52. The van der Waals surface area contributed by atoms with Gasteiger partial charge in [0.2, 0.25) is 5.13 Å². The number of nitrogens with zero attached hydrogens (tertiary/aromatic N) is 5. The SMILES string of the molecule is O=c1ccc(N2CCCN(c3nc(C4CC4)ns3)CC2)n[nH]1. The fourth-order valence-corrected chi connectivity index (χ4v) is 3.51. The zero-order chi connectivity index (χ0) is 14.9. The van der Waals surface area contributed by atoms with Gasteiger partial charge in [-0.25, -0.2) is 10.1 Å². The van der Waals surface area contributed by atoms with Crippen molar-refractivity contribution in [3.63, 3.8) is 0 Å². The zero-order valence-corrected chi connectivity index (χ0v) is 13.1. The van der Waals surface area contributed by atoms with Gasteiger partial charge in [-0.3, -0.25) is 4.79 Å². The fourth-order valence-electron chi connectivity index (χ4n) is 2.71. The summed E-state index contributed by atoms with van der Waals surface area (Å²) in [6.45, 7) is 3.69. The van der Waals surface area contributed by atoms with Crippen molar-refractivity contribution in [1.29, 1.82) is 0 Å². The molecule has 3 heterocycles. The van der Waals surface area contributed by atoms with Crippen LogP contribution in [0.25, 0.3) is 0 Å². The molecule has 8 heteroatoms. The lowest BCUT2D eigenvalue weighted by Crippen LogP contribution is -2.31. The average Bonchev–Trinajstić information content (AvgIpc) is 3.32. The first kappa shape index (κ1) is 13.7. The number of rotatable bonds is 3. The molecule has 1 N–H and O–H groups in total. The van der Waals surface area contributed by atoms with Gasteiger partial charge in [-0.15, -0.1) is 0 Å². The van der Waals surface area contributed by atoms with Crippen molar-refractivity contribution < 1.29 is 0 Å². The third-order valence-corrected chi connectivity index (χ3v) is 4.92. The molecular formula is C14H18N6OS. The standard InChI is InChI=1S/C14H18N6OS/c21-12-5-4-11(16-17-12)19-6-1-7-20(9-8-19)14-15-13(18-22-14)10-2-3-10/h4-5,10H,1-3,6-9H2,(H,17,21). The predicted molar refractivity (Wildman–Crippen MR) is 85.8 cm³/mol. The summed E-state index contributed by atoms with van der Waals surface area (Å²) in [7, 11) is 0. The van der Waals surface area contributed by atoms with E-state index in [1.807, 2.05) is 0 Å². The number of aromatic amines is 1. The lowest BCUT2D eigenvalue weighted by atomic mass is 10.4. The summed E-state index contributed by atoms with van der Waals surface area (Å²) < 4.78 is 4.49. The zero-order valence-electron chi connectivity index (χ0n) is 12.2. The molecule has 0 amide bonds. The summed E-state index contributed by atoms with van der Waals surface area (Å²) in [5.41, 5.74) is -0.165. The molecule has 0 radical (unpaired) electrons. The largest absolute Gasteiger partial charge is 0.353 e. The van der Waals surface area contributed by atoms with Crippen molar-refractivity contribution in [1.82, 2.24) is 19.6 Å². The van der Waals surface area contributed by atoms with E-state index in [-0.39, 0.29) is 5.56 Å². The number of hydrogen-bond donors (Lipinski definition) is 1. The monoisotopic (exact) mass is 318 g/mol. The van der Waals surface area contributed by atoms with Crippen LogP contribution >= 0.6 is 11.5 Å². The smallest absolute Gasteiger partial charge is 0.264 e. The first-order valence-corrected chi connectivity index (χ1v) is 8.46. The average molecular weight is 318 g/mol. The Morgan fingerprint density at radius 1 is 1.14 bits per heavy atom. The molecule has 1 saturated heterocycles. The van der Waals surface area contributed by atoms with Crippen LogP contribution in [0.15, 0.2) is 16.9 Å². The number of nitrogens with one attached hydrogen (secondary N) is 1. The molecule has 0 spiro atoms. The number of aromatic nitrogens is 4. The molecule has 0 aromatic carbocycles. The van der Waals surface area contributed by atoms with Crippen LogP contribution in [0.4, 0.5) is 10.9 Å². The van der Waals surface area contributed by atoms with Gasteiger partial charge < -0.3 is 9.80 Å². The molecule has 1 aliphatic carbocycles. The summed E-state index contributed by atoms with van der Waals surface area (Å²) in [6, 6.07) is 3.31. The Bertz CT molecular complexity index is 689. The first-order valence-electron chi connectivity index (χ1n) is 7.69. The summed E-state index contributed by atoms with van der Waals surface area (Å²) in [5, 5.41) is 7.66. The van der Waals surface area contributed by atoms with Crippen LogP contribution in [0.3, 0.4) is 0 Å². The molecule has 1 aliphatic heterocycles. The van der Waals surface area contributed by atoms with E-state index in [2.05, 4.69) is 24.4 Å². The third-order valence-electron chi connectivity index (χ3n) is 4.13. The van der Waals surface area contributed by atoms with Crippen LogP contribution in [0.5, 0.6) is 0 Å². The van der Waals surface area contributed by atoms with E-state index in [9.17, 15) is 4.79 Å². The molecule has 2 aliphatic rings. The summed E-state index contributed by atoms with van der Waals surface area (Å²) in [5.74, 6) is 2.47. The van der Waals surface area contributed by atoms with Crippen molar-refractivity contribution in [3.8, 4) is 0 Å². The second-order valence-corrected chi connectivity index (χ2v) is 6.55. The van der Waals surface area contributed by atoms with Gasteiger partial charge in [0.15, 0.2) is 0 Å². The van der Waals surface area contributed by atoms with Crippen molar-refractivity contribution in [2.45, 2.75) is 25.2 Å². The Labute approximate surface area is 132 Å². The van der Waals surface area contributed by atoms with E-state index < -0.39 is 0 Å². The van der Waals surface area contributed by atoms with Crippen molar-refractivity contribution in [2.75, 3.05) is 36.0 Å². The maximum atomic E-state index is 11.1. The molecule has 0 bridgehead atoms. The third kappa shape index (κ3) is 2.83. The van der Waals surface area contributed by atoms with Crippen LogP contribution in [-0.4, -0.2) is 45.7 Å². The Morgan fingerprint density at radius 3 is 2.73 bits per heavy atom. The molecule has 2 aromatic rings. The van der Waals surface area contributed by atoms with Crippen LogP contribution in [0, 0.1) is 0 Å². The molecule has 7 nitrogen and oxygen atoms in total. The van der Waals surface area contributed by atoms with E-state index in [4.69, 9.17) is 4.98 Å². The highest BCUT2D eigenvalue weighted by Gasteiger charge is 2.29. The maximum Gasteiger partial charge on any atom is 0.264 e. The van der Waals surface area contributed by atoms with Gasteiger partial charge in [-0.1, -0.05) is 0 Å². The fraction of sp³-hybridized carbons (Fsp3) is 0.571. The highest BCUT2D eigenvalue weighted by Crippen LogP contribution is 2.39. The van der Waals surface area contributed by atoms with Crippen LogP contribution in [0.1, 0.15) is 31.0 Å². The maximum absolute atomic E-state index is 11.1. The molecule has 2 fully saturated rings. The van der Waals surface area contributed by atoms with E-state index in [1.54, 1.807) is 6.07 Å². The normalized spacial score (nSPS) is 19.3. The van der Waals surface area contributed by atoms with Crippen LogP contribution in [-0.2, 0) is 0 Å². The predicted octanol–water partition coefficient (Wildman–Crippen LogP) is 1.22. The minimum atomic E-state index is -0.165. The van der Waals surface area contributed by atoms with Crippen molar-refractivity contribution >= 4 is 22.5 Å². The quantitative estimate of drug-likeness (QED) is 0.917. The first-order chi connectivity index (χ1) is 10.8. The summed E-state index contributed by atoms with van der Waals surface area (Å²) >= 11 is 1.52. The molecule has 116 valence electrons. The second-order valence-electron chi connectivity index (χ2n) is 5.82. The van der Waals surface area contributed by atoms with E-state index in [0.717, 1.165) is 49.4 Å². The van der Waals surface area contributed by atoms with E-state index in [1.165, 1.54) is 30.4 Å². The highest BCUT2D eigenvalue weighted by molar-refractivity contribution is 7.09. The topological polar surface area (TPSA) is 78.0 Å². The Hall–Kier alpha value is -1.96. The highest BCUT2D eigenvalue weighted by atomic mass is 32.1. The van der Waals surface area contributed by atoms with E-state index in [0.29, 0.717) is 5.92 Å². The number of H-pyrrole nitrogens is 1. The van der Waals surface area contributed by atoms with Gasteiger partial charge in [-0.2, -0.15) is 9.47 Å². The lowest BCUT2D eigenvalue weighted by molar-refractivity contribution is 0.782. The van der Waals surface area contributed by atoms with Gasteiger partial charge in [0.25, 0.3) is 5.56 Å². The van der Waals surface area contributed by atoms with E-state index >= 15 is 0 Å². The molecular weight excluding hydrogens is 300 g/mol. The lowest BCUT2D eigenvalue weighted by Gasteiger charge is -2.21. The van der Waals surface area contributed by atoms with Gasteiger partial charge in [-0.05, 0) is 25.3 Å². The van der Waals surface area contributed by atoms with Crippen molar-refractivity contribution in [3.05, 3.63) is 28.3 Å². The molecule has 22 heavy (non-hydrogen) atoms. The Kier molecular flexibility index (Phi) is 3.53. The number of hydrogen-bond acceptors (Lipinski definition) is 7. The molecule has 0 atom stereocenters.